The lowest BCUT2D eigenvalue weighted by atomic mass is 10.2. The number of nitrogens with one attached hydrogen (secondary N) is 1. The Morgan fingerprint density at radius 2 is 2.43 bits per heavy atom. The lowest BCUT2D eigenvalue weighted by Crippen LogP contribution is -2.40. The molecular formula is C13H15N3O2S3. The summed E-state index contributed by atoms with van der Waals surface area (Å²) in [5.74, 6) is -0.109. The molecule has 0 saturated heterocycles. The highest BCUT2D eigenvalue weighted by molar-refractivity contribution is 7.99. The molecule has 0 bridgehead atoms. The summed E-state index contributed by atoms with van der Waals surface area (Å²) in [6.45, 7) is 1.96. The van der Waals surface area contributed by atoms with Crippen LogP contribution in [0.4, 0.5) is 0 Å². The molecule has 3 rings (SSSR count). The molecule has 3 aromatic rings. The quantitative estimate of drug-likeness (QED) is 0.748. The highest BCUT2D eigenvalue weighted by Crippen LogP contribution is 2.28. The largest absolute Gasteiger partial charge is 0.395 e. The molecule has 8 heteroatoms. The Balaban J connectivity index is 1.82. The van der Waals surface area contributed by atoms with Crippen molar-refractivity contribution >= 4 is 55.7 Å². The Kier molecular flexibility index (Phi) is 4.21. The zero-order valence-corrected chi connectivity index (χ0v) is 14.0. The van der Waals surface area contributed by atoms with Crippen LogP contribution in [0.2, 0.25) is 0 Å². The molecule has 0 aliphatic carbocycles. The average molecular weight is 341 g/mol. The minimum Gasteiger partial charge on any atom is -0.395 e. The number of thioether (sulfide) groups is 1. The van der Waals surface area contributed by atoms with E-state index >= 15 is 0 Å². The third-order valence-electron chi connectivity index (χ3n) is 3.36. The van der Waals surface area contributed by atoms with Crippen molar-refractivity contribution in [1.82, 2.24) is 14.7 Å². The van der Waals surface area contributed by atoms with E-state index in [9.17, 15) is 9.90 Å². The van der Waals surface area contributed by atoms with Crippen LogP contribution in [0, 0.1) is 0 Å². The van der Waals surface area contributed by atoms with Gasteiger partial charge in [0, 0.05) is 22.9 Å². The predicted molar refractivity (Wildman–Crippen MR) is 89.8 cm³/mol. The second-order valence-electron chi connectivity index (χ2n) is 4.69. The van der Waals surface area contributed by atoms with Crippen molar-refractivity contribution < 1.29 is 9.90 Å². The Labute approximate surface area is 134 Å². The molecule has 0 radical (unpaired) electrons. The van der Waals surface area contributed by atoms with Crippen LogP contribution in [0.25, 0.3) is 15.3 Å². The van der Waals surface area contributed by atoms with E-state index in [0.29, 0.717) is 4.88 Å². The van der Waals surface area contributed by atoms with E-state index in [0.717, 1.165) is 15.3 Å². The topological polar surface area (TPSA) is 66.6 Å². The molecule has 112 valence electrons. The second kappa shape index (κ2) is 5.96. The SMILES string of the molecule is CSC(CO)C(C)NC(=O)c1cc2c(nc3sccn32)s1. The molecule has 3 heterocycles. The lowest BCUT2D eigenvalue weighted by Gasteiger charge is -2.20. The molecule has 0 aliphatic rings. The number of imidazole rings is 1. The van der Waals surface area contributed by atoms with Crippen LogP contribution < -0.4 is 5.32 Å². The third kappa shape index (κ3) is 2.68. The number of rotatable bonds is 5. The molecule has 1 amide bonds. The number of amides is 1. The normalized spacial score (nSPS) is 14.6. The van der Waals surface area contributed by atoms with E-state index in [1.165, 1.54) is 11.3 Å². The fourth-order valence-corrected chi connectivity index (χ4v) is 4.50. The summed E-state index contributed by atoms with van der Waals surface area (Å²) in [5.41, 5.74) is 0.970. The highest BCUT2D eigenvalue weighted by Gasteiger charge is 2.20. The zero-order chi connectivity index (χ0) is 15.0. The van der Waals surface area contributed by atoms with E-state index in [1.54, 1.807) is 23.1 Å². The van der Waals surface area contributed by atoms with Crippen LogP contribution in [0.15, 0.2) is 17.6 Å². The van der Waals surface area contributed by atoms with Gasteiger partial charge in [-0.3, -0.25) is 9.20 Å². The number of nitrogens with zero attached hydrogens (tertiary/aromatic N) is 2. The summed E-state index contributed by atoms with van der Waals surface area (Å²) in [5, 5.41) is 14.2. The van der Waals surface area contributed by atoms with Crippen molar-refractivity contribution in [2.75, 3.05) is 12.9 Å². The fraction of sp³-hybridized carbons (Fsp3) is 0.385. The maximum absolute atomic E-state index is 12.3. The van der Waals surface area contributed by atoms with Gasteiger partial charge in [0.05, 0.1) is 17.0 Å². The smallest absolute Gasteiger partial charge is 0.261 e. The van der Waals surface area contributed by atoms with Crippen molar-refractivity contribution in [2.45, 2.75) is 18.2 Å². The number of aliphatic hydroxyl groups excluding tert-OH is 1. The number of fused-ring (bicyclic) bond motifs is 3. The van der Waals surface area contributed by atoms with Gasteiger partial charge in [0.1, 0.15) is 4.83 Å². The van der Waals surface area contributed by atoms with E-state index in [4.69, 9.17) is 0 Å². The first kappa shape index (κ1) is 14.8. The van der Waals surface area contributed by atoms with E-state index < -0.39 is 0 Å². The Bertz CT molecular complexity index is 772. The van der Waals surface area contributed by atoms with Crippen molar-refractivity contribution in [3.05, 3.63) is 22.5 Å². The number of thiophene rings is 1. The summed E-state index contributed by atoms with van der Waals surface area (Å²) in [4.78, 5) is 19.3. The predicted octanol–water partition coefficient (Wildman–Crippen LogP) is 2.45. The number of thiazole rings is 1. The maximum Gasteiger partial charge on any atom is 0.261 e. The molecule has 21 heavy (non-hydrogen) atoms. The molecule has 0 aromatic carbocycles. The van der Waals surface area contributed by atoms with Crippen LogP contribution >= 0.6 is 34.4 Å². The number of aromatic nitrogens is 2. The fourth-order valence-electron chi connectivity index (χ4n) is 2.17. The van der Waals surface area contributed by atoms with Crippen LogP contribution in [0.1, 0.15) is 16.6 Å². The average Bonchev–Trinajstić information content (AvgIpc) is 3.10. The Morgan fingerprint density at radius 1 is 1.62 bits per heavy atom. The highest BCUT2D eigenvalue weighted by atomic mass is 32.2. The third-order valence-corrected chi connectivity index (χ3v) is 6.30. The molecular weight excluding hydrogens is 326 g/mol. The summed E-state index contributed by atoms with van der Waals surface area (Å²) >= 11 is 4.53. The van der Waals surface area contributed by atoms with Gasteiger partial charge < -0.3 is 10.4 Å². The van der Waals surface area contributed by atoms with Gasteiger partial charge in [-0.2, -0.15) is 11.8 Å². The first-order valence-electron chi connectivity index (χ1n) is 6.43. The molecule has 5 nitrogen and oxygen atoms in total. The molecule has 3 aromatic heterocycles. The molecule has 0 spiro atoms. The standard InChI is InChI=1S/C13H15N3O2S3/c1-7(10(6-17)19-2)14-11(18)9-5-8-12(21-9)15-13-16(8)3-4-20-13/h3-5,7,10,17H,6H2,1-2H3,(H,14,18). The monoisotopic (exact) mass is 341 g/mol. The minimum atomic E-state index is -0.109. The van der Waals surface area contributed by atoms with Gasteiger partial charge in [-0.1, -0.05) is 0 Å². The van der Waals surface area contributed by atoms with Gasteiger partial charge in [0.2, 0.25) is 0 Å². The maximum atomic E-state index is 12.3. The van der Waals surface area contributed by atoms with E-state index in [-0.39, 0.29) is 23.8 Å². The van der Waals surface area contributed by atoms with Gasteiger partial charge in [-0.25, -0.2) is 4.98 Å². The summed E-state index contributed by atoms with van der Waals surface area (Å²) in [6, 6.07) is 1.79. The number of carbonyl (C=O) groups excluding carboxylic acids is 1. The van der Waals surface area contributed by atoms with Crippen molar-refractivity contribution in [2.24, 2.45) is 0 Å². The lowest BCUT2D eigenvalue weighted by molar-refractivity contribution is 0.0940. The minimum absolute atomic E-state index is 0.00305. The first-order valence-corrected chi connectivity index (χ1v) is 9.42. The van der Waals surface area contributed by atoms with Crippen molar-refractivity contribution in [1.29, 1.82) is 0 Å². The van der Waals surface area contributed by atoms with Crippen LogP contribution in [0.3, 0.4) is 0 Å². The summed E-state index contributed by atoms with van der Waals surface area (Å²) in [6.07, 6.45) is 3.89. The zero-order valence-electron chi connectivity index (χ0n) is 11.6. The van der Waals surface area contributed by atoms with Crippen LogP contribution in [-0.2, 0) is 0 Å². The number of hydrogen-bond acceptors (Lipinski definition) is 6. The summed E-state index contributed by atoms with van der Waals surface area (Å²) < 4.78 is 2.00. The van der Waals surface area contributed by atoms with Gasteiger partial charge in [0.15, 0.2) is 4.96 Å². The molecule has 2 atom stereocenters. The second-order valence-corrected chi connectivity index (χ2v) is 7.67. The molecule has 2 N–H and O–H groups in total. The number of hydrogen-bond donors (Lipinski definition) is 2. The Hall–Kier alpha value is -1.09. The van der Waals surface area contributed by atoms with Crippen LogP contribution in [-0.4, -0.2) is 44.6 Å². The van der Waals surface area contributed by atoms with E-state index in [2.05, 4.69) is 10.3 Å². The van der Waals surface area contributed by atoms with Gasteiger partial charge >= 0.3 is 0 Å². The van der Waals surface area contributed by atoms with Gasteiger partial charge in [-0.05, 0) is 19.2 Å². The van der Waals surface area contributed by atoms with Gasteiger partial charge in [0.25, 0.3) is 5.91 Å². The molecule has 0 aliphatic heterocycles. The number of aliphatic hydroxyl groups is 1. The van der Waals surface area contributed by atoms with Crippen molar-refractivity contribution in [3.8, 4) is 0 Å². The van der Waals surface area contributed by atoms with Gasteiger partial charge in [-0.15, -0.1) is 22.7 Å². The van der Waals surface area contributed by atoms with Crippen molar-refractivity contribution in [3.63, 3.8) is 0 Å². The Morgan fingerprint density at radius 3 is 3.14 bits per heavy atom. The number of carbonyl (C=O) groups is 1. The molecule has 2 unspecified atom stereocenters. The first-order chi connectivity index (χ1) is 10.1. The van der Waals surface area contributed by atoms with E-state index in [1.807, 2.05) is 35.2 Å². The summed E-state index contributed by atoms with van der Waals surface area (Å²) in [7, 11) is 0. The molecule has 0 saturated carbocycles. The van der Waals surface area contributed by atoms with Crippen LogP contribution in [0.5, 0.6) is 0 Å². The molecule has 0 fully saturated rings.